The van der Waals surface area contributed by atoms with Crippen LogP contribution in [0.2, 0.25) is 0 Å². The third kappa shape index (κ3) is 15.3. The Balaban J connectivity index is 1.88. The second kappa shape index (κ2) is 26.2. The summed E-state index contributed by atoms with van der Waals surface area (Å²) in [6.45, 7) is 33.9. The van der Waals surface area contributed by atoms with Gasteiger partial charge in [-0.2, -0.15) is 0 Å². The van der Waals surface area contributed by atoms with Gasteiger partial charge in [0.05, 0.1) is 0 Å². The molecule has 0 saturated heterocycles. The van der Waals surface area contributed by atoms with E-state index < -0.39 is 16.8 Å². The Kier molecular flexibility index (Phi) is 21.7. The number of aromatic hydroxyl groups is 1. The van der Waals surface area contributed by atoms with Crippen LogP contribution in [0.5, 0.6) is 23.0 Å². The molecule has 67 heavy (non-hydrogen) atoms. The predicted molar refractivity (Wildman–Crippen MR) is 289 cm³/mol. The predicted octanol–water partition coefficient (Wildman–Crippen LogP) is 17.2. The van der Waals surface area contributed by atoms with Gasteiger partial charge in [0.1, 0.15) is 39.8 Å². The van der Waals surface area contributed by atoms with Crippen LogP contribution >= 0.6 is 0 Å². The molecule has 0 aliphatic heterocycles. The summed E-state index contributed by atoms with van der Waals surface area (Å²) < 4.78 is 21.7. The number of hydrogen-bond acceptors (Lipinski definition) is 4. The molecule has 1 N–H and O–H groups in total. The first-order chi connectivity index (χ1) is 32.0. The molecule has 0 aliphatic rings. The molecule has 4 rings (SSSR count). The van der Waals surface area contributed by atoms with Gasteiger partial charge in [0.15, 0.2) is 0 Å². The third-order valence-electron chi connectivity index (χ3n) is 13.5. The maximum absolute atomic E-state index is 12.1. The molecular formula is C63H96O4. The van der Waals surface area contributed by atoms with E-state index in [1.165, 1.54) is 55.6 Å². The van der Waals surface area contributed by atoms with Gasteiger partial charge >= 0.3 is 0 Å². The van der Waals surface area contributed by atoms with E-state index in [0.29, 0.717) is 25.0 Å². The molecule has 0 atom stereocenters. The first-order valence-electron chi connectivity index (χ1n) is 27.3. The molecule has 0 aromatic heterocycles. The van der Waals surface area contributed by atoms with Crippen molar-refractivity contribution in [2.24, 2.45) is 0 Å². The molecule has 0 aliphatic carbocycles. The number of benzene rings is 4. The molecule has 372 valence electrons. The maximum atomic E-state index is 12.1. The molecule has 0 fully saturated rings. The van der Waals surface area contributed by atoms with Crippen molar-refractivity contribution in [1.29, 1.82) is 0 Å². The van der Waals surface area contributed by atoms with Gasteiger partial charge in [0, 0.05) is 24.8 Å². The van der Waals surface area contributed by atoms with Crippen molar-refractivity contribution in [1.82, 2.24) is 0 Å². The van der Waals surface area contributed by atoms with Crippen LogP contribution in [0.4, 0.5) is 0 Å². The number of hydrogen-bond donors (Lipinski definition) is 1. The average Bonchev–Trinajstić information content (AvgIpc) is 3.26. The van der Waals surface area contributed by atoms with Crippen LogP contribution in [0, 0.1) is 0 Å². The Morgan fingerprint density at radius 2 is 0.567 bits per heavy atom. The van der Waals surface area contributed by atoms with Crippen molar-refractivity contribution in [3.05, 3.63) is 115 Å². The number of phenolic OH excluding ortho intramolecular Hbond substituents is 1. The van der Waals surface area contributed by atoms with Crippen LogP contribution in [0.1, 0.15) is 228 Å². The smallest absolute Gasteiger partial charge is 0.123 e. The first-order valence-corrected chi connectivity index (χ1v) is 27.3. The molecule has 0 saturated carbocycles. The summed E-state index contributed by atoms with van der Waals surface area (Å²) in [7, 11) is 0. The molecule has 4 aromatic carbocycles. The number of rotatable bonds is 30. The van der Waals surface area contributed by atoms with Crippen molar-refractivity contribution in [2.45, 2.75) is 255 Å². The third-order valence-corrected chi connectivity index (χ3v) is 13.5. The van der Waals surface area contributed by atoms with Crippen LogP contribution in [-0.2, 0) is 77.0 Å². The minimum atomic E-state index is -0.621. The van der Waals surface area contributed by atoms with Gasteiger partial charge in [-0.05, 0) is 185 Å². The molecule has 0 spiro atoms. The number of ether oxygens (including phenoxy) is 3. The Morgan fingerprint density at radius 3 is 0.881 bits per heavy atom. The van der Waals surface area contributed by atoms with Crippen molar-refractivity contribution in [3.63, 3.8) is 0 Å². The van der Waals surface area contributed by atoms with Gasteiger partial charge in [-0.1, -0.05) is 144 Å². The number of phenols is 1. The monoisotopic (exact) mass is 917 g/mol. The zero-order valence-corrected chi connectivity index (χ0v) is 45.6. The Bertz CT molecular complexity index is 2150. The average molecular weight is 917 g/mol. The molecule has 4 aromatic rings. The van der Waals surface area contributed by atoms with E-state index in [1.54, 1.807) is 0 Å². The fourth-order valence-corrected chi connectivity index (χ4v) is 10.8. The normalized spacial score (nSPS) is 12.2. The second-order valence-corrected chi connectivity index (χ2v) is 21.6. The molecule has 0 amide bonds. The van der Waals surface area contributed by atoms with Crippen molar-refractivity contribution < 1.29 is 19.3 Å². The Labute approximate surface area is 411 Å². The minimum absolute atomic E-state index is 0.311. The van der Waals surface area contributed by atoms with E-state index in [0.717, 1.165) is 144 Å². The lowest BCUT2D eigenvalue weighted by Gasteiger charge is -2.35. The molecule has 0 bridgehead atoms. The summed E-state index contributed by atoms with van der Waals surface area (Å²) in [5.41, 5.74) is 14.4. The van der Waals surface area contributed by atoms with E-state index in [-0.39, 0.29) is 0 Å². The zero-order valence-electron chi connectivity index (χ0n) is 45.6. The summed E-state index contributed by atoms with van der Waals surface area (Å²) in [4.78, 5) is 0. The van der Waals surface area contributed by atoms with E-state index >= 15 is 0 Å². The van der Waals surface area contributed by atoms with Crippen LogP contribution in [-0.4, -0.2) is 21.9 Å². The van der Waals surface area contributed by atoms with E-state index in [1.807, 2.05) is 6.07 Å². The van der Waals surface area contributed by atoms with Crippen LogP contribution < -0.4 is 14.2 Å². The van der Waals surface area contributed by atoms with Gasteiger partial charge in [0.25, 0.3) is 0 Å². The fourth-order valence-electron chi connectivity index (χ4n) is 10.8. The molecule has 0 heterocycles. The second-order valence-electron chi connectivity index (χ2n) is 21.6. The zero-order chi connectivity index (χ0) is 49.4. The van der Waals surface area contributed by atoms with E-state index in [4.69, 9.17) is 14.2 Å². The molecule has 0 radical (unpaired) electrons. The lowest BCUT2D eigenvalue weighted by Crippen LogP contribution is -2.36. The van der Waals surface area contributed by atoms with Crippen molar-refractivity contribution in [2.75, 3.05) is 0 Å². The molecule has 0 unspecified atom stereocenters. The summed E-state index contributed by atoms with van der Waals surface area (Å²) in [5.74, 6) is 3.31. The van der Waals surface area contributed by atoms with Gasteiger partial charge in [-0.15, -0.1) is 0 Å². The topological polar surface area (TPSA) is 47.9 Å². The highest BCUT2D eigenvalue weighted by molar-refractivity contribution is 5.51. The van der Waals surface area contributed by atoms with Crippen molar-refractivity contribution in [3.8, 4) is 23.0 Å². The molecule has 4 nitrogen and oxygen atoms in total. The minimum Gasteiger partial charge on any atom is -0.508 e. The largest absolute Gasteiger partial charge is 0.508 e. The van der Waals surface area contributed by atoms with Crippen LogP contribution in [0.3, 0.4) is 0 Å². The Morgan fingerprint density at radius 1 is 0.299 bits per heavy atom. The summed E-state index contributed by atoms with van der Waals surface area (Å²) in [6.07, 6.45) is 21.2. The first kappa shape index (κ1) is 55.7. The van der Waals surface area contributed by atoms with Crippen LogP contribution in [0.25, 0.3) is 0 Å². The van der Waals surface area contributed by atoms with E-state index in [9.17, 15) is 5.11 Å². The van der Waals surface area contributed by atoms with E-state index in [2.05, 4.69) is 146 Å². The van der Waals surface area contributed by atoms with Gasteiger partial charge in [0.2, 0.25) is 0 Å². The molecule has 4 heteroatoms. The van der Waals surface area contributed by atoms with Crippen molar-refractivity contribution >= 4 is 0 Å². The van der Waals surface area contributed by atoms with Gasteiger partial charge in [-0.25, -0.2) is 0 Å². The lowest BCUT2D eigenvalue weighted by molar-refractivity contribution is 0.0977. The van der Waals surface area contributed by atoms with Gasteiger partial charge in [-0.3, -0.25) is 0 Å². The highest BCUT2D eigenvalue weighted by atomic mass is 16.5. The molecular weight excluding hydrogens is 821 g/mol. The summed E-state index contributed by atoms with van der Waals surface area (Å²) in [5, 5.41) is 12.1. The summed E-state index contributed by atoms with van der Waals surface area (Å²) in [6, 6.07) is 17.7. The highest BCUT2D eigenvalue weighted by Gasteiger charge is 2.33. The number of aryl methyl sites for hydroxylation is 3. The van der Waals surface area contributed by atoms with Gasteiger partial charge < -0.3 is 19.3 Å². The lowest BCUT2D eigenvalue weighted by atomic mass is 9.82. The standard InChI is InChI=1S/C63H96O4/c1-16-25-45-35-39-58(52(31-22-7)49(45)28-19-4)65-61(10,11)42-48-34-38-57(64)56(44-63(14,15)67-60-41-37-47(27-18-3)51(30-21-6)54(60)33-24-9)55(48)43-62(12,13)66-59-40-36-46(26-17-2)50(29-20-5)53(59)32-23-8/h34-41,64H,16-33,42-44H2,1-15H3. The fraction of sp³-hybridized carbons (Fsp3) is 0.619. The summed E-state index contributed by atoms with van der Waals surface area (Å²) >= 11 is 0. The highest BCUT2D eigenvalue weighted by Crippen LogP contribution is 2.40. The van der Waals surface area contributed by atoms with Crippen LogP contribution in [0.15, 0.2) is 48.5 Å². The SMILES string of the molecule is CCCc1ccc(OC(C)(C)Cc2ccc(O)c(CC(C)(C)Oc3ccc(CCC)c(CCC)c3CCC)c2CC(C)(C)Oc2ccc(CCC)c(CCC)c2CCC)c(CCC)c1CCC. The maximum Gasteiger partial charge on any atom is 0.123 e. The quantitative estimate of drug-likeness (QED) is 0.0566. The Hall–Kier alpha value is -3.92.